The van der Waals surface area contributed by atoms with Gasteiger partial charge in [-0.1, -0.05) is 49.0 Å². The van der Waals surface area contributed by atoms with Gasteiger partial charge in [-0.05, 0) is 36.2 Å². The van der Waals surface area contributed by atoms with Gasteiger partial charge in [0.05, 0.1) is 5.92 Å². The van der Waals surface area contributed by atoms with Crippen molar-refractivity contribution in [1.29, 1.82) is 0 Å². The number of carbonyl (C=O) groups is 1. The van der Waals surface area contributed by atoms with E-state index < -0.39 is 5.76 Å². The number of nitrogens with one attached hydrogen (secondary N) is 1. The number of anilines is 1. The van der Waals surface area contributed by atoms with Gasteiger partial charge in [0.15, 0.2) is 0 Å². The summed E-state index contributed by atoms with van der Waals surface area (Å²) in [5, 5.41) is 2.84. The molecule has 1 amide bonds. The molecule has 2 rings (SSSR count). The van der Waals surface area contributed by atoms with E-state index in [4.69, 9.17) is 0 Å². The molecule has 22 heavy (non-hydrogen) atoms. The summed E-state index contributed by atoms with van der Waals surface area (Å²) in [7, 11) is 0. The Labute approximate surface area is 132 Å². The largest absolute Gasteiger partial charge is 0.326 e. The molecule has 1 atom stereocenters. The molecule has 0 bridgehead atoms. The molecule has 0 aromatic heterocycles. The highest BCUT2D eigenvalue weighted by Gasteiger charge is 2.18. The Kier molecular flexibility index (Phi) is 5.95. The molecule has 0 unspecified atom stereocenters. The van der Waals surface area contributed by atoms with Gasteiger partial charge in [0.25, 0.3) is 5.76 Å². The summed E-state index contributed by atoms with van der Waals surface area (Å²) in [6.45, 7) is 1.96. The van der Waals surface area contributed by atoms with Gasteiger partial charge in [-0.25, -0.2) is 0 Å². The third-order valence-electron chi connectivity index (χ3n) is 3.27. The highest BCUT2D eigenvalue weighted by Crippen LogP contribution is 2.27. The van der Waals surface area contributed by atoms with Gasteiger partial charge in [-0.15, -0.1) is 0 Å². The van der Waals surface area contributed by atoms with Crippen LogP contribution in [0, 0.1) is 0 Å². The van der Waals surface area contributed by atoms with Gasteiger partial charge in [0.1, 0.15) is 0 Å². The molecular formula is C17H17F2NOS. The quantitative estimate of drug-likeness (QED) is 0.747. The molecule has 0 radical (unpaired) electrons. The molecule has 5 heteroatoms. The number of rotatable bonds is 6. The van der Waals surface area contributed by atoms with Crippen molar-refractivity contribution in [3.8, 4) is 0 Å². The first-order valence-corrected chi connectivity index (χ1v) is 7.88. The second kappa shape index (κ2) is 7.94. The number of hydrogen-bond donors (Lipinski definition) is 1. The average molecular weight is 321 g/mol. The molecule has 2 nitrogen and oxygen atoms in total. The molecule has 116 valence electrons. The minimum atomic E-state index is -2.44. The van der Waals surface area contributed by atoms with E-state index in [0.717, 1.165) is 5.56 Å². The molecule has 0 aliphatic rings. The van der Waals surface area contributed by atoms with Gasteiger partial charge in [-0.2, -0.15) is 8.78 Å². The SMILES string of the molecule is CC[C@H](C(=O)Nc1ccc(SC(F)F)cc1)c1ccccc1. The molecule has 0 fully saturated rings. The Bertz CT molecular complexity index is 602. The normalized spacial score (nSPS) is 12.2. The Balaban J connectivity index is 2.04. The molecular weight excluding hydrogens is 304 g/mol. The van der Waals surface area contributed by atoms with Crippen LogP contribution < -0.4 is 5.32 Å². The number of halogens is 2. The first-order chi connectivity index (χ1) is 10.6. The van der Waals surface area contributed by atoms with Crippen molar-refractivity contribution < 1.29 is 13.6 Å². The van der Waals surface area contributed by atoms with Crippen LogP contribution in [0.3, 0.4) is 0 Å². The third-order valence-corrected chi connectivity index (χ3v) is 4.00. The predicted molar refractivity (Wildman–Crippen MR) is 86.4 cm³/mol. The fraction of sp³-hybridized carbons (Fsp3) is 0.235. The van der Waals surface area contributed by atoms with Crippen LogP contribution in [0.5, 0.6) is 0 Å². The van der Waals surface area contributed by atoms with Gasteiger partial charge in [-0.3, -0.25) is 4.79 Å². The predicted octanol–water partition coefficient (Wildman–Crippen LogP) is 5.13. The number of alkyl halides is 2. The van der Waals surface area contributed by atoms with Crippen LogP contribution in [0.15, 0.2) is 59.5 Å². The minimum Gasteiger partial charge on any atom is -0.326 e. The lowest BCUT2D eigenvalue weighted by Crippen LogP contribution is -2.20. The van der Waals surface area contributed by atoms with Crippen molar-refractivity contribution in [1.82, 2.24) is 0 Å². The maximum Gasteiger partial charge on any atom is 0.288 e. The summed E-state index contributed by atoms with van der Waals surface area (Å²) >= 11 is 0.488. The maximum atomic E-state index is 12.4. The lowest BCUT2D eigenvalue weighted by atomic mass is 9.95. The van der Waals surface area contributed by atoms with E-state index in [9.17, 15) is 13.6 Å². The van der Waals surface area contributed by atoms with Gasteiger partial charge >= 0.3 is 0 Å². The first kappa shape index (κ1) is 16.5. The van der Waals surface area contributed by atoms with E-state index in [0.29, 0.717) is 28.8 Å². The van der Waals surface area contributed by atoms with Crippen LogP contribution in [0.1, 0.15) is 24.8 Å². The number of carbonyl (C=O) groups excluding carboxylic acids is 1. The number of hydrogen-bond acceptors (Lipinski definition) is 2. The smallest absolute Gasteiger partial charge is 0.288 e. The molecule has 0 saturated heterocycles. The number of thioether (sulfide) groups is 1. The molecule has 0 saturated carbocycles. The van der Waals surface area contributed by atoms with Crippen LogP contribution in [0.25, 0.3) is 0 Å². The van der Waals surface area contributed by atoms with Gasteiger partial charge in [0, 0.05) is 10.6 Å². The van der Waals surface area contributed by atoms with Crippen molar-refractivity contribution in [2.75, 3.05) is 5.32 Å². The van der Waals surface area contributed by atoms with E-state index in [-0.39, 0.29) is 11.8 Å². The maximum absolute atomic E-state index is 12.4. The van der Waals surface area contributed by atoms with Crippen LogP contribution >= 0.6 is 11.8 Å². The van der Waals surface area contributed by atoms with Crippen LogP contribution in [0.4, 0.5) is 14.5 Å². The van der Waals surface area contributed by atoms with Crippen molar-refractivity contribution >= 4 is 23.4 Å². The Morgan fingerprint density at radius 3 is 2.27 bits per heavy atom. The average Bonchev–Trinajstić information content (AvgIpc) is 2.50. The van der Waals surface area contributed by atoms with Crippen molar-refractivity contribution in [2.24, 2.45) is 0 Å². The van der Waals surface area contributed by atoms with E-state index in [1.807, 2.05) is 37.3 Å². The van der Waals surface area contributed by atoms with Crippen LogP contribution in [-0.4, -0.2) is 11.7 Å². The number of benzene rings is 2. The Morgan fingerprint density at radius 2 is 1.73 bits per heavy atom. The zero-order valence-electron chi connectivity index (χ0n) is 12.1. The van der Waals surface area contributed by atoms with E-state index in [1.54, 1.807) is 24.3 Å². The fourth-order valence-electron chi connectivity index (χ4n) is 2.21. The summed E-state index contributed by atoms with van der Waals surface area (Å²) in [5.41, 5.74) is 1.57. The molecule has 0 aliphatic carbocycles. The molecule has 0 spiro atoms. The molecule has 1 N–H and O–H groups in total. The second-order valence-electron chi connectivity index (χ2n) is 4.76. The van der Waals surface area contributed by atoms with E-state index in [1.165, 1.54) is 0 Å². The topological polar surface area (TPSA) is 29.1 Å². The van der Waals surface area contributed by atoms with Crippen molar-refractivity contribution in [2.45, 2.75) is 29.9 Å². The first-order valence-electron chi connectivity index (χ1n) is 7.01. The highest BCUT2D eigenvalue weighted by molar-refractivity contribution is 7.99. The monoisotopic (exact) mass is 321 g/mol. The molecule has 0 heterocycles. The highest BCUT2D eigenvalue weighted by atomic mass is 32.2. The molecule has 0 aliphatic heterocycles. The minimum absolute atomic E-state index is 0.0945. The fourth-order valence-corrected chi connectivity index (χ4v) is 2.71. The summed E-state index contributed by atoms with van der Waals surface area (Å²) in [6, 6.07) is 16.0. The van der Waals surface area contributed by atoms with Crippen molar-refractivity contribution in [3.05, 3.63) is 60.2 Å². The zero-order valence-corrected chi connectivity index (χ0v) is 12.9. The lowest BCUT2D eigenvalue weighted by Gasteiger charge is -2.15. The van der Waals surface area contributed by atoms with Crippen LogP contribution in [-0.2, 0) is 4.79 Å². The number of amides is 1. The van der Waals surface area contributed by atoms with E-state index in [2.05, 4.69) is 5.32 Å². The standard InChI is InChI=1S/C17H17F2NOS/c1-2-15(12-6-4-3-5-7-12)16(21)20-13-8-10-14(11-9-13)22-17(18)19/h3-11,15,17H,2H2,1H3,(H,20,21)/t15-/m0/s1. The lowest BCUT2D eigenvalue weighted by molar-refractivity contribution is -0.117. The summed E-state index contributed by atoms with van der Waals surface area (Å²) in [5.74, 6) is -2.76. The zero-order chi connectivity index (χ0) is 15.9. The third kappa shape index (κ3) is 4.56. The Morgan fingerprint density at radius 1 is 1.09 bits per heavy atom. The summed E-state index contributed by atoms with van der Waals surface area (Å²) < 4.78 is 24.5. The molecule has 2 aromatic carbocycles. The summed E-state index contributed by atoms with van der Waals surface area (Å²) in [6.07, 6.45) is 0.690. The van der Waals surface area contributed by atoms with E-state index >= 15 is 0 Å². The summed E-state index contributed by atoms with van der Waals surface area (Å²) in [4.78, 5) is 12.8. The van der Waals surface area contributed by atoms with Crippen molar-refractivity contribution in [3.63, 3.8) is 0 Å². The van der Waals surface area contributed by atoms with Gasteiger partial charge in [0.2, 0.25) is 5.91 Å². The second-order valence-corrected chi connectivity index (χ2v) is 5.83. The molecule has 2 aromatic rings. The Hall–Kier alpha value is -1.88. The van der Waals surface area contributed by atoms with Gasteiger partial charge < -0.3 is 5.32 Å². The van der Waals surface area contributed by atoms with Crippen LogP contribution in [0.2, 0.25) is 0 Å².